The standard InChI is InChI=1S/C17H14ClFN2O3S2/c1-9(2)26(23,24)17-21-14-6-4-11(8-15(14)25-17)20-16(22)10-3-5-13(19)12(18)7-10/h3-9H,1-2H3,(H,20,22). The monoisotopic (exact) mass is 412 g/mol. The lowest BCUT2D eigenvalue weighted by molar-refractivity contribution is 0.102. The summed E-state index contributed by atoms with van der Waals surface area (Å²) >= 11 is 6.74. The SMILES string of the molecule is CC(C)S(=O)(=O)c1nc2ccc(NC(=O)c3ccc(F)c(Cl)c3)cc2s1. The van der Waals surface area contributed by atoms with Gasteiger partial charge < -0.3 is 5.32 Å². The van der Waals surface area contributed by atoms with Crippen LogP contribution in [0.1, 0.15) is 24.2 Å². The number of hydrogen-bond acceptors (Lipinski definition) is 5. The smallest absolute Gasteiger partial charge is 0.255 e. The Bertz CT molecular complexity index is 1110. The van der Waals surface area contributed by atoms with Gasteiger partial charge in [0.15, 0.2) is 0 Å². The zero-order valence-corrected chi connectivity index (χ0v) is 16.2. The fourth-order valence-electron chi connectivity index (χ4n) is 2.15. The summed E-state index contributed by atoms with van der Waals surface area (Å²) in [5.74, 6) is -1.06. The Morgan fingerprint density at radius 1 is 1.23 bits per heavy atom. The van der Waals surface area contributed by atoms with Gasteiger partial charge >= 0.3 is 0 Å². The summed E-state index contributed by atoms with van der Waals surface area (Å²) in [7, 11) is -3.46. The third kappa shape index (κ3) is 3.58. The van der Waals surface area contributed by atoms with Gasteiger partial charge in [-0.25, -0.2) is 17.8 Å². The summed E-state index contributed by atoms with van der Waals surface area (Å²) in [6, 6.07) is 8.59. The molecule has 3 rings (SSSR count). The van der Waals surface area contributed by atoms with Crippen LogP contribution in [0.3, 0.4) is 0 Å². The highest BCUT2D eigenvalue weighted by atomic mass is 35.5. The Balaban J connectivity index is 1.89. The molecule has 9 heteroatoms. The van der Waals surface area contributed by atoms with Crippen LogP contribution in [0.5, 0.6) is 0 Å². The molecule has 0 aliphatic carbocycles. The molecule has 5 nitrogen and oxygen atoms in total. The van der Waals surface area contributed by atoms with Crippen molar-refractivity contribution in [3.05, 3.63) is 52.8 Å². The van der Waals surface area contributed by atoms with Crippen molar-refractivity contribution in [1.82, 2.24) is 4.98 Å². The van der Waals surface area contributed by atoms with Crippen LogP contribution in [-0.2, 0) is 9.84 Å². The average molecular weight is 413 g/mol. The maximum absolute atomic E-state index is 13.2. The number of carbonyl (C=O) groups excluding carboxylic acids is 1. The lowest BCUT2D eigenvalue weighted by atomic mass is 10.2. The molecule has 3 aromatic rings. The summed E-state index contributed by atoms with van der Waals surface area (Å²) in [4.78, 5) is 16.4. The number of nitrogens with one attached hydrogen (secondary N) is 1. The first-order valence-corrected chi connectivity index (χ1v) is 10.3. The molecule has 1 amide bonds. The van der Waals surface area contributed by atoms with Crippen molar-refractivity contribution in [1.29, 1.82) is 0 Å². The van der Waals surface area contributed by atoms with Crippen LogP contribution in [0, 0.1) is 5.82 Å². The van der Waals surface area contributed by atoms with E-state index in [4.69, 9.17) is 11.6 Å². The molecular formula is C17H14ClFN2O3S2. The summed E-state index contributed by atoms with van der Waals surface area (Å²) in [6.07, 6.45) is 0. The minimum absolute atomic E-state index is 0.0521. The Labute approximate surface area is 158 Å². The molecule has 0 aliphatic rings. The van der Waals surface area contributed by atoms with Crippen molar-refractivity contribution in [3.63, 3.8) is 0 Å². The van der Waals surface area contributed by atoms with Crippen LogP contribution < -0.4 is 5.32 Å². The number of carbonyl (C=O) groups is 1. The second-order valence-electron chi connectivity index (χ2n) is 5.84. The fourth-order valence-corrected chi connectivity index (χ4v) is 5.00. The number of benzene rings is 2. The Kier molecular flexibility index (Phi) is 5.01. The number of sulfone groups is 1. The number of thiazole rings is 1. The van der Waals surface area contributed by atoms with Crippen molar-refractivity contribution in [2.45, 2.75) is 23.4 Å². The van der Waals surface area contributed by atoms with Crippen molar-refractivity contribution >= 4 is 54.6 Å². The van der Waals surface area contributed by atoms with Crippen LogP contribution in [0.2, 0.25) is 5.02 Å². The number of hydrogen-bond donors (Lipinski definition) is 1. The van der Waals surface area contributed by atoms with Crippen molar-refractivity contribution < 1.29 is 17.6 Å². The van der Waals surface area contributed by atoms with Gasteiger partial charge in [-0.05, 0) is 50.2 Å². The van der Waals surface area contributed by atoms with Gasteiger partial charge in [0.2, 0.25) is 14.2 Å². The van der Waals surface area contributed by atoms with E-state index >= 15 is 0 Å². The van der Waals surface area contributed by atoms with E-state index in [9.17, 15) is 17.6 Å². The molecule has 136 valence electrons. The number of rotatable bonds is 4. The first-order valence-electron chi connectivity index (χ1n) is 7.59. The molecule has 1 N–H and O–H groups in total. The molecule has 1 heterocycles. The van der Waals surface area contributed by atoms with E-state index in [1.807, 2.05) is 0 Å². The van der Waals surface area contributed by atoms with E-state index in [0.29, 0.717) is 15.9 Å². The van der Waals surface area contributed by atoms with Gasteiger partial charge in [-0.3, -0.25) is 4.79 Å². The van der Waals surface area contributed by atoms with Crippen LogP contribution in [0.15, 0.2) is 40.7 Å². The quantitative estimate of drug-likeness (QED) is 0.683. The molecule has 0 saturated heterocycles. The number of halogens is 2. The van der Waals surface area contributed by atoms with Gasteiger partial charge in [0, 0.05) is 11.3 Å². The minimum Gasteiger partial charge on any atom is -0.322 e. The van der Waals surface area contributed by atoms with E-state index in [0.717, 1.165) is 17.4 Å². The minimum atomic E-state index is -3.46. The highest BCUT2D eigenvalue weighted by molar-refractivity contribution is 7.94. The molecule has 26 heavy (non-hydrogen) atoms. The molecule has 1 aromatic heterocycles. The van der Waals surface area contributed by atoms with Crippen molar-refractivity contribution in [3.8, 4) is 0 Å². The Morgan fingerprint density at radius 3 is 2.62 bits per heavy atom. The molecule has 0 bridgehead atoms. The largest absolute Gasteiger partial charge is 0.322 e. The fraction of sp³-hybridized carbons (Fsp3) is 0.176. The Hall–Kier alpha value is -2.03. The number of amides is 1. The average Bonchev–Trinajstić information content (AvgIpc) is 3.01. The zero-order valence-electron chi connectivity index (χ0n) is 13.8. The van der Waals surface area contributed by atoms with Gasteiger partial charge in [0.1, 0.15) is 5.82 Å². The third-order valence-electron chi connectivity index (χ3n) is 3.67. The molecule has 0 fully saturated rings. The summed E-state index contributed by atoms with van der Waals surface area (Å²) < 4.78 is 38.4. The first kappa shape index (κ1) is 18.8. The molecule has 0 saturated carbocycles. The maximum atomic E-state index is 13.2. The van der Waals surface area contributed by atoms with Crippen LogP contribution in [0.25, 0.3) is 10.2 Å². The zero-order chi connectivity index (χ0) is 19.1. The van der Waals surface area contributed by atoms with Gasteiger partial charge in [-0.2, -0.15) is 0 Å². The predicted octanol–water partition coefficient (Wildman–Crippen LogP) is 4.52. The predicted molar refractivity (Wildman–Crippen MR) is 101 cm³/mol. The summed E-state index contributed by atoms with van der Waals surface area (Å²) in [5, 5.41) is 1.97. The second-order valence-corrected chi connectivity index (χ2v) is 9.95. The molecule has 2 aromatic carbocycles. The lowest BCUT2D eigenvalue weighted by Crippen LogP contribution is -2.13. The molecule has 0 spiro atoms. The number of anilines is 1. The third-order valence-corrected chi connectivity index (χ3v) is 7.54. The topological polar surface area (TPSA) is 76.1 Å². The lowest BCUT2D eigenvalue weighted by Gasteiger charge is -2.06. The van der Waals surface area contributed by atoms with Gasteiger partial charge in [-0.15, -0.1) is 11.3 Å². The summed E-state index contributed by atoms with van der Waals surface area (Å²) in [5.41, 5.74) is 1.22. The van der Waals surface area contributed by atoms with Crippen LogP contribution in [-0.4, -0.2) is 24.6 Å². The van der Waals surface area contributed by atoms with E-state index in [-0.39, 0.29) is 14.9 Å². The second kappa shape index (κ2) is 6.94. The molecule has 0 aliphatic heterocycles. The van der Waals surface area contributed by atoms with Crippen LogP contribution in [0.4, 0.5) is 10.1 Å². The van der Waals surface area contributed by atoms with Crippen molar-refractivity contribution in [2.75, 3.05) is 5.32 Å². The number of nitrogens with zero attached hydrogens (tertiary/aromatic N) is 1. The van der Waals surface area contributed by atoms with E-state index in [1.54, 1.807) is 32.0 Å². The number of aromatic nitrogens is 1. The highest BCUT2D eigenvalue weighted by Gasteiger charge is 2.23. The Morgan fingerprint density at radius 2 is 1.96 bits per heavy atom. The molecular weight excluding hydrogens is 399 g/mol. The molecule has 0 unspecified atom stereocenters. The first-order chi connectivity index (χ1) is 12.2. The van der Waals surface area contributed by atoms with Gasteiger partial charge in [0.25, 0.3) is 5.91 Å². The van der Waals surface area contributed by atoms with E-state index < -0.39 is 26.8 Å². The maximum Gasteiger partial charge on any atom is 0.255 e. The normalized spacial score (nSPS) is 11.9. The van der Waals surface area contributed by atoms with E-state index in [1.165, 1.54) is 12.1 Å². The van der Waals surface area contributed by atoms with Crippen LogP contribution >= 0.6 is 22.9 Å². The number of fused-ring (bicyclic) bond motifs is 1. The van der Waals surface area contributed by atoms with Gasteiger partial charge in [0.05, 0.1) is 20.5 Å². The molecule has 0 atom stereocenters. The highest BCUT2D eigenvalue weighted by Crippen LogP contribution is 2.30. The van der Waals surface area contributed by atoms with Crippen molar-refractivity contribution in [2.24, 2.45) is 0 Å². The summed E-state index contributed by atoms with van der Waals surface area (Å²) in [6.45, 7) is 3.20. The van der Waals surface area contributed by atoms with Gasteiger partial charge in [-0.1, -0.05) is 11.6 Å². The molecule has 0 radical (unpaired) electrons. The van der Waals surface area contributed by atoms with E-state index in [2.05, 4.69) is 10.3 Å².